The maximum atomic E-state index is 6.71. The van der Waals surface area contributed by atoms with E-state index in [-0.39, 0.29) is 5.38 Å². The van der Waals surface area contributed by atoms with Crippen LogP contribution in [-0.4, -0.2) is 10.4 Å². The maximum absolute atomic E-state index is 6.71. The number of rotatable bonds is 3. The van der Waals surface area contributed by atoms with E-state index in [1.165, 1.54) is 5.56 Å². The average Bonchev–Trinajstić information content (AvgIpc) is 2.69. The van der Waals surface area contributed by atoms with E-state index in [2.05, 4.69) is 51.7 Å². The van der Waals surface area contributed by atoms with Gasteiger partial charge >= 0.3 is 0 Å². The summed E-state index contributed by atoms with van der Waals surface area (Å²) in [6.45, 7) is 11.5. The Morgan fingerprint density at radius 1 is 1.12 bits per heavy atom. The Kier molecular flexibility index (Phi) is 3.02. The van der Waals surface area contributed by atoms with Crippen molar-refractivity contribution >= 4 is 11.6 Å². The van der Waals surface area contributed by atoms with Crippen LogP contribution in [0.3, 0.4) is 0 Å². The molecule has 2 heteroatoms. The Hall–Kier alpha value is -0.560. The number of nitrogens with zero attached hydrogens (tertiary/aromatic N) is 1. The molecule has 1 saturated carbocycles. The number of hydrogen-bond donors (Lipinski definition) is 0. The molecule has 0 N–H and O–H groups in total. The lowest BCUT2D eigenvalue weighted by Gasteiger charge is -2.20. The Morgan fingerprint density at radius 2 is 1.59 bits per heavy atom. The lowest BCUT2D eigenvalue weighted by Crippen LogP contribution is -2.16. The fourth-order valence-corrected chi connectivity index (χ4v) is 3.96. The van der Waals surface area contributed by atoms with E-state index >= 15 is 0 Å². The highest BCUT2D eigenvalue weighted by molar-refractivity contribution is 6.21. The number of aromatic nitrogens is 1. The monoisotopic (exact) mass is 251 g/mol. The van der Waals surface area contributed by atoms with E-state index in [9.17, 15) is 0 Å². The molecule has 2 atom stereocenters. The molecule has 0 aliphatic heterocycles. The van der Waals surface area contributed by atoms with Crippen LogP contribution in [0.5, 0.6) is 0 Å². The summed E-state index contributed by atoms with van der Waals surface area (Å²) in [5, 5.41) is 0.197. The fourth-order valence-electron chi connectivity index (χ4n) is 3.18. The van der Waals surface area contributed by atoms with Gasteiger partial charge in [0.15, 0.2) is 0 Å². The van der Waals surface area contributed by atoms with Gasteiger partial charge in [0.05, 0.1) is 0 Å². The molecular formula is C15H22ClN. The minimum Gasteiger partial charge on any atom is -0.265 e. The molecule has 0 spiro atoms. The smallest absolute Gasteiger partial charge is 0.0440 e. The van der Waals surface area contributed by atoms with Gasteiger partial charge in [0.2, 0.25) is 0 Å². The van der Waals surface area contributed by atoms with Gasteiger partial charge in [0, 0.05) is 17.8 Å². The molecule has 1 nitrogen and oxygen atoms in total. The predicted octanol–water partition coefficient (Wildman–Crippen LogP) is 4.47. The van der Waals surface area contributed by atoms with E-state index in [0.717, 1.165) is 0 Å². The molecule has 0 radical (unpaired) electrons. The molecule has 2 unspecified atom stereocenters. The van der Waals surface area contributed by atoms with Crippen molar-refractivity contribution in [3.05, 3.63) is 30.1 Å². The van der Waals surface area contributed by atoms with Gasteiger partial charge in [0.25, 0.3) is 0 Å². The van der Waals surface area contributed by atoms with Crippen molar-refractivity contribution in [3.63, 3.8) is 0 Å². The summed E-state index contributed by atoms with van der Waals surface area (Å²) in [6.07, 6.45) is 3.69. The molecule has 94 valence electrons. The van der Waals surface area contributed by atoms with Gasteiger partial charge in [-0.15, -0.1) is 11.6 Å². The van der Waals surface area contributed by atoms with Crippen LogP contribution < -0.4 is 0 Å². The summed E-state index contributed by atoms with van der Waals surface area (Å²) in [7, 11) is 0. The lowest BCUT2D eigenvalue weighted by atomic mass is 9.92. The molecule has 1 aromatic rings. The second-order valence-electron chi connectivity index (χ2n) is 6.43. The normalized spacial score (nSPS) is 25.3. The molecule has 0 saturated heterocycles. The average molecular weight is 252 g/mol. The van der Waals surface area contributed by atoms with Crippen molar-refractivity contribution in [1.29, 1.82) is 0 Å². The van der Waals surface area contributed by atoms with E-state index in [0.29, 0.717) is 22.7 Å². The number of halogens is 1. The Labute approximate surface area is 110 Å². The van der Waals surface area contributed by atoms with Crippen LogP contribution in [-0.2, 0) is 0 Å². The molecule has 1 fully saturated rings. The van der Waals surface area contributed by atoms with Gasteiger partial charge in [-0.05, 0) is 40.4 Å². The maximum Gasteiger partial charge on any atom is 0.0440 e. The van der Waals surface area contributed by atoms with Crippen molar-refractivity contribution in [3.8, 4) is 0 Å². The van der Waals surface area contributed by atoms with Crippen LogP contribution in [0.4, 0.5) is 0 Å². The largest absolute Gasteiger partial charge is 0.265 e. The summed E-state index contributed by atoms with van der Waals surface area (Å²) in [4.78, 5) is 4.06. The van der Waals surface area contributed by atoms with Crippen molar-refractivity contribution in [2.45, 2.75) is 45.9 Å². The first-order chi connectivity index (χ1) is 7.80. The zero-order chi connectivity index (χ0) is 12.8. The fraction of sp³-hybridized carbons (Fsp3) is 0.667. The summed E-state index contributed by atoms with van der Waals surface area (Å²) in [5.74, 6) is 0.963. The van der Waals surface area contributed by atoms with Crippen molar-refractivity contribution in [1.82, 2.24) is 4.98 Å². The first-order valence-electron chi connectivity index (χ1n) is 6.34. The van der Waals surface area contributed by atoms with Crippen LogP contribution in [0, 0.1) is 16.7 Å². The number of alkyl halides is 1. The molecule has 1 aromatic heterocycles. The number of pyridine rings is 1. The summed E-state index contributed by atoms with van der Waals surface area (Å²) >= 11 is 6.71. The standard InChI is InChI=1S/C15H22ClN/c1-10(11-6-8-17-9-7-11)12(16)13-14(2,3)15(13,4)5/h6-10,12-13H,1-5H3. The third-order valence-corrected chi connectivity index (χ3v) is 5.79. The molecule has 0 amide bonds. The van der Waals surface area contributed by atoms with Crippen LogP contribution in [0.1, 0.15) is 46.1 Å². The van der Waals surface area contributed by atoms with Gasteiger partial charge in [-0.1, -0.05) is 34.6 Å². The van der Waals surface area contributed by atoms with Crippen molar-refractivity contribution < 1.29 is 0 Å². The third-order valence-electron chi connectivity index (χ3n) is 5.16. The molecular weight excluding hydrogens is 230 g/mol. The second kappa shape index (κ2) is 3.98. The Morgan fingerprint density at radius 3 is 2.00 bits per heavy atom. The highest BCUT2D eigenvalue weighted by Gasteiger charge is 2.67. The highest BCUT2D eigenvalue weighted by atomic mass is 35.5. The van der Waals surface area contributed by atoms with Crippen molar-refractivity contribution in [2.24, 2.45) is 16.7 Å². The van der Waals surface area contributed by atoms with Gasteiger partial charge in [0.1, 0.15) is 0 Å². The van der Waals surface area contributed by atoms with E-state index in [4.69, 9.17) is 11.6 Å². The molecule has 0 aromatic carbocycles. The summed E-state index contributed by atoms with van der Waals surface area (Å²) < 4.78 is 0. The molecule has 1 heterocycles. The van der Waals surface area contributed by atoms with Gasteiger partial charge < -0.3 is 0 Å². The van der Waals surface area contributed by atoms with Crippen LogP contribution in [0.15, 0.2) is 24.5 Å². The third kappa shape index (κ3) is 1.89. The van der Waals surface area contributed by atoms with E-state index < -0.39 is 0 Å². The molecule has 17 heavy (non-hydrogen) atoms. The predicted molar refractivity (Wildman–Crippen MR) is 73.3 cm³/mol. The summed E-state index contributed by atoms with van der Waals surface area (Å²) in [5.41, 5.74) is 1.99. The molecule has 2 rings (SSSR count). The minimum absolute atomic E-state index is 0.197. The second-order valence-corrected chi connectivity index (χ2v) is 6.94. The van der Waals surface area contributed by atoms with Gasteiger partial charge in [-0.3, -0.25) is 4.98 Å². The zero-order valence-corrected chi connectivity index (χ0v) is 12.1. The molecule has 1 aliphatic rings. The minimum atomic E-state index is 0.197. The lowest BCUT2D eigenvalue weighted by molar-refractivity contribution is 0.457. The first-order valence-corrected chi connectivity index (χ1v) is 6.78. The zero-order valence-electron chi connectivity index (χ0n) is 11.4. The van der Waals surface area contributed by atoms with Crippen molar-refractivity contribution in [2.75, 3.05) is 0 Å². The van der Waals surface area contributed by atoms with Crippen LogP contribution in [0.2, 0.25) is 0 Å². The number of hydrogen-bond acceptors (Lipinski definition) is 1. The van der Waals surface area contributed by atoms with Gasteiger partial charge in [-0.25, -0.2) is 0 Å². The van der Waals surface area contributed by atoms with E-state index in [1.54, 1.807) is 0 Å². The van der Waals surface area contributed by atoms with Gasteiger partial charge in [-0.2, -0.15) is 0 Å². The van der Waals surface area contributed by atoms with E-state index in [1.807, 2.05) is 12.4 Å². The SMILES string of the molecule is CC(c1ccncc1)C(Cl)C1C(C)(C)C1(C)C. The quantitative estimate of drug-likeness (QED) is 0.722. The van der Waals surface area contributed by atoms with Crippen LogP contribution >= 0.6 is 11.6 Å². The highest BCUT2D eigenvalue weighted by Crippen LogP contribution is 2.71. The first kappa shape index (κ1) is 12.9. The molecule has 1 aliphatic carbocycles. The Bertz CT molecular complexity index is 383. The topological polar surface area (TPSA) is 12.9 Å². The van der Waals surface area contributed by atoms with Crippen LogP contribution in [0.25, 0.3) is 0 Å². The molecule has 0 bridgehead atoms. The Balaban J connectivity index is 2.15. The summed E-state index contributed by atoms with van der Waals surface area (Å²) in [6, 6.07) is 4.14.